The van der Waals surface area contributed by atoms with Crippen molar-refractivity contribution in [3.05, 3.63) is 35.1 Å². The average Bonchev–Trinajstić information content (AvgIpc) is 2.30. The summed E-state index contributed by atoms with van der Waals surface area (Å²) in [5, 5.41) is 2.75. The minimum absolute atomic E-state index is 0.0821. The van der Waals surface area contributed by atoms with Crippen molar-refractivity contribution in [1.82, 2.24) is 5.32 Å². The van der Waals surface area contributed by atoms with Gasteiger partial charge in [-0.1, -0.05) is 18.6 Å². The van der Waals surface area contributed by atoms with Gasteiger partial charge in [0.1, 0.15) is 5.82 Å². The van der Waals surface area contributed by atoms with Crippen LogP contribution in [0, 0.1) is 18.7 Å². The van der Waals surface area contributed by atoms with E-state index in [1.165, 1.54) is 6.07 Å². The third-order valence-corrected chi connectivity index (χ3v) is 3.31. The van der Waals surface area contributed by atoms with Crippen LogP contribution in [0.15, 0.2) is 18.2 Å². The van der Waals surface area contributed by atoms with Crippen LogP contribution in [0.4, 0.5) is 4.39 Å². The van der Waals surface area contributed by atoms with E-state index in [2.05, 4.69) is 5.32 Å². The highest BCUT2D eigenvalue weighted by Crippen LogP contribution is 2.11. The van der Waals surface area contributed by atoms with E-state index < -0.39 is 11.7 Å². The Balaban J connectivity index is 2.79. The zero-order valence-electron chi connectivity index (χ0n) is 10.3. The predicted molar refractivity (Wildman–Crippen MR) is 67.9 cm³/mol. The molecule has 17 heavy (non-hydrogen) atoms. The first-order chi connectivity index (χ1) is 7.95. The maximum atomic E-state index is 13.5. The normalized spacial score (nSPS) is 14.2. The van der Waals surface area contributed by atoms with E-state index >= 15 is 0 Å². The molecule has 0 aromatic heterocycles. The summed E-state index contributed by atoms with van der Waals surface area (Å²) in [5.41, 5.74) is 0.938. The second kappa shape index (κ2) is 6.01. The van der Waals surface area contributed by atoms with Gasteiger partial charge in [-0.15, -0.1) is 11.6 Å². The van der Waals surface area contributed by atoms with E-state index in [-0.39, 0.29) is 17.5 Å². The van der Waals surface area contributed by atoms with Crippen molar-refractivity contribution in [1.29, 1.82) is 0 Å². The summed E-state index contributed by atoms with van der Waals surface area (Å²) >= 11 is 5.71. The fourth-order valence-corrected chi connectivity index (χ4v) is 1.64. The Labute approximate surface area is 106 Å². The van der Waals surface area contributed by atoms with Crippen LogP contribution in [0.2, 0.25) is 0 Å². The van der Waals surface area contributed by atoms with Crippen molar-refractivity contribution >= 4 is 17.5 Å². The molecule has 0 saturated carbocycles. The molecule has 94 valence electrons. The standard InChI is InChI=1S/C13H17ClFNO/c1-8-4-5-12(15)11(6-8)13(17)16-10(3)9(2)7-14/h4-6,9-10H,7H2,1-3H3,(H,16,17). The van der Waals surface area contributed by atoms with Crippen LogP contribution in [0.25, 0.3) is 0 Å². The van der Waals surface area contributed by atoms with Gasteiger partial charge in [-0.05, 0) is 31.9 Å². The lowest BCUT2D eigenvalue weighted by Gasteiger charge is -2.19. The number of carbonyl (C=O) groups excluding carboxylic acids is 1. The van der Waals surface area contributed by atoms with E-state index in [1.54, 1.807) is 12.1 Å². The zero-order valence-corrected chi connectivity index (χ0v) is 11.0. The number of rotatable bonds is 4. The van der Waals surface area contributed by atoms with Crippen molar-refractivity contribution in [2.24, 2.45) is 5.92 Å². The lowest BCUT2D eigenvalue weighted by Crippen LogP contribution is -2.38. The molecule has 0 bridgehead atoms. The van der Waals surface area contributed by atoms with Crippen LogP contribution >= 0.6 is 11.6 Å². The van der Waals surface area contributed by atoms with Gasteiger partial charge < -0.3 is 5.32 Å². The first-order valence-corrected chi connectivity index (χ1v) is 6.12. The molecule has 0 saturated heterocycles. The Hall–Kier alpha value is -1.09. The summed E-state index contributed by atoms with van der Waals surface area (Å²) in [6.45, 7) is 5.62. The SMILES string of the molecule is Cc1ccc(F)c(C(=O)NC(C)C(C)CCl)c1. The molecule has 1 aromatic rings. The van der Waals surface area contributed by atoms with Crippen LogP contribution in [0.5, 0.6) is 0 Å². The lowest BCUT2D eigenvalue weighted by molar-refractivity contribution is 0.0927. The Morgan fingerprint density at radius 1 is 1.47 bits per heavy atom. The van der Waals surface area contributed by atoms with Gasteiger partial charge in [0.2, 0.25) is 0 Å². The van der Waals surface area contributed by atoms with Crippen LogP contribution in [-0.4, -0.2) is 17.8 Å². The number of amides is 1. The molecule has 2 atom stereocenters. The molecule has 0 aliphatic rings. The number of benzene rings is 1. The average molecular weight is 258 g/mol. The van der Waals surface area contributed by atoms with Crippen LogP contribution < -0.4 is 5.32 Å². The molecule has 0 aliphatic heterocycles. The Kier molecular flexibility index (Phi) is 4.94. The van der Waals surface area contributed by atoms with Gasteiger partial charge in [0.15, 0.2) is 0 Å². The smallest absolute Gasteiger partial charge is 0.254 e. The molecule has 1 rings (SSSR count). The third-order valence-electron chi connectivity index (χ3n) is 2.82. The number of aryl methyl sites for hydroxylation is 1. The lowest BCUT2D eigenvalue weighted by atomic mass is 10.0. The molecule has 2 unspecified atom stereocenters. The highest BCUT2D eigenvalue weighted by atomic mass is 35.5. The molecule has 4 heteroatoms. The Bertz CT molecular complexity index is 408. The van der Waals surface area contributed by atoms with E-state index in [9.17, 15) is 9.18 Å². The first-order valence-electron chi connectivity index (χ1n) is 5.58. The van der Waals surface area contributed by atoms with E-state index in [0.29, 0.717) is 5.88 Å². The highest BCUT2D eigenvalue weighted by Gasteiger charge is 2.17. The highest BCUT2D eigenvalue weighted by molar-refractivity contribution is 6.18. The number of alkyl halides is 1. The quantitative estimate of drug-likeness (QED) is 0.825. The largest absolute Gasteiger partial charge is 0.349 e. The molecule has 0 fully saturated rings. The number of nitrogens with one attached hydrogen (secondary N) is 1. The van der Waals surface area contributed by atoms with Crippen LogP contribution in [0.1, 0.15) is 29.8 Å². The van der Waals surface area contributed by atoms with Crippen molar-refractivity contribution in [2.45, 2.75) is 26.8 Å². The van der Waals surface area contributed by atoms with Crippen LogP contribution in [0.3, 0.4) is 0 Å². The molecular formula is C13H17ClFNO. The van der Waals surface area contributed by atoms with Gasteiger partial charge >= 0.3 is 0 Å². The Morgan fingerprint density at radius 3 is 2.71 bits per heavy atom. The maximum Gasteiger partial charge on any atom is 0.254 e. The fraction of sp³-hybridized carbons (Fsp3) is 0.462. The summed E-state index contributed by atoms with van der Waals surface area (Å²) in [7, 11) is 0. The van der Waals surface area contributed by atoms with E-state index in [0.717, 1.165) is 5.56 Å². The van der Waals surface area contributed by atoms with Crippen molar-refractivity contribution in [3.8, 4) is 0 Å². The topological polar surface area (TPSA) is 29.1 Å². The van der Waals surface area contributed by atoms with Crippen molar-refractivity contribution < 1.29 is 9.18 Å². The Morgan fingerprint density at radius 2 is 2.12 bits per heavy atom. The number of halogens is 2. The summed E-state index contributed by atoms with van der Waals surface area (Å²) < 4.78 is 13.5. The second-order valence-corrected chi connectivity index (χ2v) is 4.69. The summed E-state index contributed by atoms with van der Waals surface area (Å²) in [5.74, 6) is -0.291. The molecule has 1 N–H and O–H groups in total. The van der Waals surface area contributed by atoms with Gasteiger partial charge in [0.25, 0.3) is 5.91 Å². The summed E-state index contributed by atoms with van der Waals surface area (Å²) in [4.78, 5) is 11.9. The molecule has 0 aliphatic carbocycles. The van der Waals surface area contributed by atoms with Gasteiger partial charge in [0, 0.05) is 11.9 Å². The summed E-state index contributed by atoms with van der Waals surface area (Å²) in [6.07, 6.45) is 0. The molecule has 0 radical (unpaired) electrons. The monoisotopic (exact) mass is 257 g/mol. The molecule has 1 aromatic carbocycles. The molecular weight excluding hydrogens is 241 g/mol. The number of hydrogen-bond donors (Lipinski definition) is 1. The molecule has 0 spiro atoms. The van der Waals surface area contributed by atoms with Gasteiger partial charge in [-0.3, -0.25) is 4.79 Å². The third kappa shape index (κ3) is 3.70. The van der Waals surface area contributed by atoms with E-state index in [4.69, 9.17) is 11.6 Å². The maximum absolute atomic E-state index is 13.5. The predicted octanol–water partition coefficient (Wildman–Crippen LogP) is 3.13. The van der Waals surface area contributed by atoms with E-state index in [1.807, 2.05) is 20.8 Å². The minimum Gasteiger partial charge on any atom is -0.349 e. The van der Waals surface area contributed by atoms with Gasteiger partial charge in [-0.2, -0.15) is 0 Å². The number of hydrogen-bond acceptors (Lipinski definition) is 1. The fourth-order valence-electron chi connectivity index (χ4n) is 1.37. The first kappa shape index (κ1) is 14.0. The molecule has 1 amide bonds. The zero-order chi connectivity index (χ0) is 13.0. The number of carbonyl (C=O) groups is 1. The van der Waals surface area contributed by atoms with Crippen molar-refractivity contribution in [2.75, 3.05) is 5.88 Å². The van der Waals surface area contributed by atoms with Crippen molar-refractivity contribution in [3.63, 3.8) is 0 Å². The second-order valence-electron chi connectivity index (χ2n) is 4.38. The van der Waals surface area contributed by atoms with Gasteiger partial charge in [0.05, 0.1) is 5.56 Å². The van der Waals surface area contributed by atoms with Gasteiger partial charge in [-0.25, -0.2) is 4.39 Å². The molecule has 2 nitrogen and oxygen atoms in total. The minimum atomic E-state index is -0.501. The molecule has 0 heterocycles. The van der Waals surface area contributed by atoms with Crippen LogP contribution in [-0.2, 0) is 0 Å². The summed E-state index contributed by atoms with van der Waals surface area (Å²) in [6, 6.07) is 4.40.